The molecule has 0 bridgehead atoms. The van der Waals surface area contributed by atoms with Gasteiger partial charge < -0.3 is 20.2 Å². The number of aromatic nitrogens is 1. The first-order valence-corrected chi connectivity index (χ1v) is 12.6. The van der Waals surface area contributed by atoms with Crippen molar-refractivity contribution in [2.75, 3.05) is 38.6 Å². The highest BCUT2D eigenvalue weighted by Crippen LogP contribution is 2.48. The summed E-state index contributed by atoms with van der Waals surface area (Å²) in [4.78, 5) is 32.6. The summed E-state index contributed by atoms with van der Waals surface area (Å²) >= 11 is 6.25. The van der Waals surface area contributed by atoms with Gasteiger partial charge in [0.1, 0.15) is 11.0 Å². The van der Waals surface area contributed by atoms with Gasteiger partial charge in [0, 0.05) is 39.3 Å². The SMILES string of the molecule is CN(C)C(=O)c1ccc(N2CCC([C@H]3C[C@H]3CNC(=O)C(O)(c3ccccc3)C(F)(F)F)CC2)nc1Cl. The van der Waals surface area contributed by atoms with Crippen molar-refractivity contribution in [2.24, 2.45) is 17.8 Å². The van der Waals surface area contributed by atoms with Gasteiger partial charge in [0.2, 0.25) is 0 Å². The van der Waals surface area contributed by atoms with Crippen LogP contribution in [0.5, 0.6) is 0 Å². The maximum atomic E-state index is 13.7. The van der Waals surface area contributed by atoms with Crippen LogP contribution >= 0.6 is 11.6 Å². The molecule has 11 heteroatoms. The van der Waals surface area contributed by atoms with Gasteiger partial charge in [-0.3, -0.25) is 9.59 Å². The third-order valence-corrected chi connectivity index (χ3v) is 7.66. The van der Waals surface area contributed by atoms with E-state index >= 15 is 0 Å². The molecule has 2 amide bonds. The number of halogens is 4. The van der Waals surface area contributed by atoms with Crippen molar-refractivity contribution in [3.63, 3.8) is 0 Å². The molecule has 1 aliphatic carbocycles. The number of hydrogen-bond donors (Lipinski definition) is 2. The average Bonchev–Trinajstić information content (AvgIpc) is 3.66. The molecule has 1 unspecified atom stereocenters. The number of carbonyl (C=O) groups is 2. The van der Waals surface area contributed by atoms with Crippen LogP contribution in [-0.4, -0.2) is 66.7 Å². The second-order valence-corrected chi connectivity index (χ2v) is 10.3. The summed E-state index contributed by atoms with van der Waals surface area (Å²) in [5.41, 5.74) is -3.75. The number of carbonyl (C=O) groups excluding carboxylic acids is 2. The summed E-state index contributed by atoms with van der Waals surface area (Å²) in [5.74, 6) is -0.185. The number of nitrogens with zero attached hydrogens (tertiary/aromatic N) is 3. The van der Waals surface area contributed by atoms with Crippen molar-refractivity contribution < 1.29 is 27.9 Å². The number of aliphatic hydroxyl groups is 1. The molecule has 1 aromatic carbocycles. The fourth-order valence-corrected chi connectivity index (χ4v) is 5.33. The second-order valence-electron chi connectivity index (χ2n) is 9.98. The van der Waals surface area contributed by atoms with E-state index in [1.807, 2.05) is 0 Å². The lowest BCUT2D eigenvalue weighted by molar-refractivity contribution is -0.257. The molecule has 2 heterocycles. The number of alkyl halides is 3. The smallest absolute Gasteiger partial charge is 0.369 e. The van der Waals surface area contributed by atoms with Crippen LogP contribution in [0.1, 0.15) is 35.2 Å². The van der Waals surface area contributed by atoms with E-state index in [0.717, 1.165) is 44.5 Å². The second kappa shape index (κ2) is 10.5. The van der Waals surface area contributed by atoms with Crippen LogP contribution in [0.4, 0.5) is 19.0 Å². The quantitative estimate of drug-likeness (QED) is 0.523. The predicted octanol–water partition coefficient (Wildman–Crippen LogP) is 3.86. The van der Waals surface area contributed by atoms with Gasteiger partial charge in [-0.05, 0) is 49.1 Å². The van der Waals surface area contributed by atoms with Crippen LogP contribution in [0.25, 0.3) is 0 Å². The van der Waals surface area contributed by atoms with Crippen LogP contribution in [0.15, 0.2) is 42.5 Å². The highest BCUT2D eigenvalue weighted by Gasteiger charge is 2.61. The molecule has 37 heavy (non-hydrogen) atoms. The van der Waals surface area contributed by atoms with Gasteiger partial charge in [-0.1, -0.05) is 41.9 Å². The Morgan fingerprint density at radius 3 is 2.35 bits per heavy atom. The molecule has 1 aromatic heterocycles. The molecule has 4 rings (SSSR count). The highest BCUT2D eigenvalue weighted by molar-refractivity contribution is 6.32. The summed E-state index contributed by atoms with van der Waals surface area (Å²) in [6, 6.07) is 9.87. The average molecular weight is 539 g/mol. The van der Waals surface area contributed by atoms with E-state index in [1.54, 1.807) is 26.2 Å². The monoisotopic (exact) mass is 538 g/mol. The number of benzene rings is 1. The highest BCUT2D eigenvalue weighted by atomic mass is 35.5. The summed E-state index contributed by atoms with van der Waals surface area (Å²) < 4.78 is 41.1. The van der Waals surface area contributed by atoms with Gasteiger partial charge in [-0.15, -0.1) is 0 Å². The number of nitrogens with one attached hydrogen (secondary N) is 1. The van der Waals surface area contributed by atoms with Gasteiger partial charge in [0.25, 0.3) is 17.4 Å². The number of anilines is 1. The van der Waals surface area contributed by atoms with Crippen molar-refractivity contribution in [2.45, 2.75) is 31.0 Å². The zero-order valence-corrected chi connectivity index (χ0v) is 21.4. The molecular weight excluding hydrogens is 509 g/mol. The van der Waals surface area contributed by atoms with Crippen LogP contribution in [0, 0.1) is 17.8 Å². The van der Waals surface area contributed by atoms with Crippen LogP contribution < -0.4 is 10.2 Å². The molecule has 3 atom stereocenters. The van der Waals surface area contributed by atoms with Gasteiger partial charge in [-0.25, -0.2) is 4.98 Å². The normalized spacial score (nSPS) is 21.8. The molecule has 1 aliphatic heterocycles. The Balaban J connectivity index is 1.29. The van der Waals surface area contributed by atoms with Crippen molar-refractivity contribution in [1.82, 2.24) is 15.2 Å². The summed E-state index contributed by atoms with van der Waals surface area (Å²) in [6.07, 6.45) is -2.57. The Morgan fingerprint density at radius 2 is 1.78 bits per heavy atom. The third kappa shape index (κ3) is 5.55. The van der Waals surface area contributed by atoms with Crippen molar-refractivity contribution in [1.29, 1.82) is 0 Å². The fraction of sp³-hybridized carbons (Fsp3) is 0.500. The minimum Gasteiger partial charge on any atom is -0.369 e. The van der Waals surface area contributed by atoms with E-state index in [-0.39, 0.29) is 23.5 Å². The largest absolute Gasteiger partial charge is 0.430 e. The summed E-state index contributed by atoms with van der Waals surface area (Å²) in [6.45, 7) is 1.58. The molecule has 7 nitrogen and oxygen atoms in total. The Kier molecular flexibility index (Phi) is 7.71. The molecule has 1 saturated heterocycles. The molecule has 1 saturated carbocycles. The summed E-state index contributed by atoms with van der Waals surface area (Å²) in [5, 5.41) is 12.9. The number of rotatable bonds is 7. The fourth-order valence-electron chi connectivity index (χ4n) is 5.10. The maximum Gasteiger partial charge on any atom is 0.430 e. The number of pyridine rings is 1. The van der Waals surface area contributed by atoms with E-state index < -0.39 is 23.2 Å². The lowest BCUT2D eigenvalue weighted by Gasteiger charge is -2.33. The van der Waals surface area contributed by atoms with E-state index in [0.29, 0.717) is 23.2 Å². The third-order valence-electron chi connectivity index (χ3n) is 7.37. The molecule has 200 valence electrons. The lowest BCUT2D eigenvalue weighted by Crippen LogP contribution is -2.54. The van der Waals surface area contributed by atoms with Gasteiger partial charge >= 0.3 is 6.18 Å². The van der Waals surface area contributed by atoms with Gasteiger partial charge in [-0.2, -0.15) is 13.2 Å². The Hall–Kier alpha value is -2.85. The summed E-state index contributed by atoms with van der Waals surface area (Å²) in [7, 11) is 3.29. The van der Waals surface area contributed by atoms with Crippen LogP contribution in [0.2, 0.25) is 5.15 Å². The first-order valence-electron chi connectivity index (χ1n) is 12.2. The first kappa shape index (κ1) is 27.2. The molecule has 0 radical (unpaired) electrons. The van der Waals surface area contributed by atoms with Gasteiger partial charge in [0.15, 0.2) is 0 Å². The zero-order valence-electron chi connectivity index (χ0n) is 20.6. The van der Waals surface area contributed by atoms with E-state index in [2.05, 4.69) is 15.2 Å². The lowest BCUT2D eigenvalue weighted by atomic mass is 9.90. The minimum atomic E-state index is -5.15. The molecular formula is C26H30ClF3N4O3. The Bertz CT molecular complexity index is 1140. The van der Waals surface area contributed by atoms with E-state index in [4.69, 9.17) is 11.6 Å². The molecule has 2 aliphatic rings. The van der Waals surface area contributed by atoms with Crippen LogP contribution in [-0.2, 0) is 10.4 Å². The Labute approximate surface area is 218 Å². The van der Waals surface area contributed by atoms with Crippen molar-refractivity contribution >= 4 is 29.2 Å². The van der Waals surface area contributed by atoms with Crippen molar-refractivity contribution in [3.8, 4) is 0 Å². The maximum absolute atomic E-state index is 13.7. The predicted molar refractivity (Wildman–Crippen MR) is 133 cm³/mol. The number of piperidine rings is 1. The van der Waals surface area contributed by atoms with E-state index in [9.17, 15) is 27.9 Å². The van der Waals surface area contributed by atoms with Gasteiger partial charge in [0.05, 0.1) is 5.56 Å². The van der Waals surface area contributed by atoms with Crippen molar-refractivity contribution in [3.05, 3.63) is 58.7 Å². The molecule has 2 N–H and O–H groups in total. The topological polar surface area (TPSA) is 85.8 Å². The molecule has 2 aromatic rings. The van der Waals surface area contributed by atoms with Crippen LogP contribution in [0.3, 0.4) is 0 Å². The standard InChI is InChI=1S/C26H30ClF3N4O3/c1-33(2)23(35)19-8-9-21(32-22(19)27)34-12-10-16(11-13-34)20-14-17(20)15-31-24(36)25(37,26(28,29)30)18-6-4-3-5-7-18/h3-9,16-17,20,37H,10-15H2,1-2H3,(H,31,36)/t17-,20+,25?/m0/s1. The molecule has 0 spiro atoms. The first-order chi connectivity index (χ1) is 17.4. The number of hydrogen-bond acceptors (Lipinski definition) is 5. The minimum absolute atomic E-state index is 0.0812. The molecule has 2 fully saturated rings. The Morgan fingerprint density at radius 1 is 1.14 bits per heavy atom. The number of amides is 2. The van der Waals surface area contributed by atoms with E-state index in [1.165, 1.54) is 23.1 Å². The zero-order chi connectivity index (χ0) is 27.0.